The number of ether oxygens (including phenoxy) is 1. The summed E-state index contributed by atoms with van der Waals surface area (Å²) in [6.07, 6.45) is 5.09. The van der Waals surface area contributed by atoms with Crippen molar-refractivity contribution in [3.05, 3.63) is 66.4 Å². The van der Waals surface area contributed by atoms with E-state index in [0.717, 1.165) is 29.0 Å². The number of methoxy groups -OCH3 is 1. The molecule has 1 aliphatic heterocycles. The van der Waals surface area contributed by atoms with Gasteiger partial charge in [-0.15, -0.1) is 0 Å². The van der Waals surface area contributed by atoms with Gasteiger partial charge in [-0.05, 0) is 37.1 Å². The highest BCUT2D eigenvalue weighted by Gasteiger charge is 2.28. The first-order chi connectivity index (χ1) is 17.9. The van der Waals surface area contributed by atoms with Crippen molar-refractivity contribution in [3.8, 4) is 17.1 Å². The summed E-state index contributed by atoms with van der Waals surface area (Å²) in [6.45, 7) is 6.85. The molecule has 4 aromatic rings. The van der Waals surface area contributed by atoms with Crippen molar-refractivity contribution in [2.45, 2.75) is 25.1 Å². The van der Waals surface area contributed by atoms with Gasteiger partial charge in [0, 0.05) is 35.0 Å². The number of thioether (sulfide) groups is 1. The number of halogens is 1. The average Bonchev–Trinajstić information content (AvgIpc) is 3.27. The summed E-state index contributed by atoms with van der Waals surface area (Å²) >= 11 is 1.77. The molecule has 2 N–H and O–H groups in total. The van der Waals surface area contributed by atoms with Crippen LogP contribution >= 0.6 is 11.8 Å². The van der Waals surface area contributed by atoms with Gasteiger partial charge in [0.05, 0.1) is 19.0 Å². The Balaban J connectivity index is 1.38. The molecule has 0 spiro atoms. The van der Waals surface area contributed by atoms with E-state index in [1.54, 1.807) is 21.3 Å². The number of hydrogen-bond donors (Lipinski definition) is 1. The molecule has 11 heteroatoms. The number of pyridine rings is 1. The largest absolute Gasteiger partial charge is 0.479 e. The first-order valence-electron chi connectivity index (χ1n) is 11.7. The maximum Gasteiger partial charge on any atom is 0.250 e. The van der Waals surface area contributed by atoms with E-state index in [4.69, 9.17) is 15.6 Å². The molecule has 3 aromatic heterocycles. The van der Waals surface area contributed by atoms with Crippen molar-refractivity contribution >= 4 is 40.2 Å². The van der Waals surface area contributed by atoms with E-state index in [2.05, 4.69) is 34.5 Å². The summed E-state index contributed by atoms with van der Waals surface area (Å²) in [4.78, 5) is 26.9. The smallest absolute Gasteiger partial charge is 0.250 e. The Labute approximate surface area is 217 Å². The van der Waals surface area contributed by atoms with Crippen molar-refractivity contribution in [3.63, 3.8) is 0 Å². The predicted molar refractivity (Wildman–Crippen MR) is 143 cm³/mol. The summed E-state index contributed by atoms with van der Waals surface area (Å²) in [5, 5.41) is 5.45. The number of rotatable bonds is 7. The lowest BCUT2D eigenvalue weighted by Gasteiger charge is -2.34. The standard InChI is InChI=1S/C26H26FN7O2S/c1-4-21(35)33-13-18(10-16-9-15(2)5-6-20(16)33)37-8-7-34-25-22(24(28)30-14-31-25)23(32-34)17-11-19(27)26(36-3)29-12-17/h4-6,9,11-12,14,18H,1,7-8,10,13H2,2-3H3,(H2,28,30,31). The first kappa shape index (κ1) is 24.7. The van der Waals surface area contributed by atoms with E-state index in [9.17, 15) is 9.18 Å². The van der Waals surface area contributed by atoms with Crippen LogP contribution in [-0.2, 0) is 17.8 Å². The number of fused-ring (bicyclic) bond motifs is 2. The number of carbonyl (C=O) groups excluding carboxylic acids is 1. The zero-order chi connectivity index (χ0) is 26.1. The number of nitrogen functional groups attached to an aromatic ring is 1. The van der Waals surface area contributed by atoms with Gasteiger partial charge in [-0.1, -0.05) is 24.3 Å². The topological polar surface area (TPSA) is 112 Å². The number of hydrogen-bond acceptors (Lipinski definition) is 8. The number of carbonyl (C=O) groups is 1. The van der Waals surface area contributed by atoms with Crippen LogP contribution in [0.15, 0.2) is 49.4 Å². The Morgan fingerprint density at radius 3 is 2.92 bits per heavy atom. The normalized spacial score (nSPS) is 15.0. The molecular formula is C26H26FN7O2S. The van der Waals surface area contributed by atoms with Crippen LogP contribution in [-0.4, -0.2) is 55.3 Å². The zero-order valence-corrected chi connectivity index (χ0v) is 21.3. The van der Waals surface area contributed by atoms with Crippen LogP contribution in [0, 0.1) is 12.7 Å². The molecule has 0 bridgehead atoms. The van der Waals surface area contributed by atoms with Crippen LogP contribution in [0.2, 0.25) is 0 Å². The fourth-order valence-corrected chi connectivity index (χ4v) is 5.75. The molecule has 1 amide bonds. The fourth-order valence-electron chi connectivity index (χ4n) is 4.58. The highest BCUT2D eigenvalue weighted by atomic mass is 32.2. The maximum absolute atomic E-state index is 14.4. The van der Waals surface area contributed by atoms with Crippen molar-refractivity contribution in [1.29, 1.82) is 0 Å². The van der Waals surface area contributed by atoms with Gasteiger partial charge in [0.2, 0.25) is 11.8 Å². The minimum Gasteiger partial charge on any atom is -0.479 e. The SMILES string of the molecule is C=CC(=O)N1CC(SCCn2nc(-c3cnc(OC)c(F)c3)c3c(N)ncnc32)Cc2cc(C)ccc21. The summed E-state index contributed by atoms with van der Waals surface area (Å²) in [5.41, 5.74) is 10.9. The summed E-state index contributed by atoms with van der Waals surface area (Å²) in [7, 11) is 1.36. The second-order valence-electron chi connectivity index (χ2n) is 8.73. The minimum absolute atomic E-state index is 0.0960. The van der Waals surface area contributed by atoms with Gasteiger partial charge < -0.3 is 15.4 Å². The number of nitrogens with zero attached hydrogens (tertiary/aromatic N) is 6. The number of benzene rings is 1. The van der Waals surface area contributed by atoms with E-state index in [0.29, 0.717) is 35.4 Å². The van der Waals surface area contributed by atoms with Gasteiger partial charge in [-0.25, -0.2) is 24.0 Å². The molecule has 1 atom stereocenters. The van der Waals surface area contributed by atoms with Gasteiger partial charge in [-0.2, -0.15) is 16.9 Å². The second kappa shape index (κ2) is 10.2. The monoisotopic (exact) mass is 519 g/mol. The third kappa shape index (κ3) is 4.74. The van der Waals surface area contributed by atoms with Crippen molar-refractivity contribution in [2.75, 3.05) is 30.0 Å². The Morgan fingerprint density at radius 1 is 1.32 bits per heavy atom. The fraction of sp³-hybridized carbons (Fsp3) is 0.269. The molecule has 0 aliphatic carbocycles. The lowest BCUT2D eigenvalue weighted by molar-refractivity contribution is -0.114. The first-order valence-corrected chi connectivity index (χ1v) is 12.8. The Morgan fingerprint density at radius 2 is 2.16 bits per heavy atom. The van der Waals surface area contributed by atoms with Gasteiger partial charge in [0.15, 0.2) is 11.5 Å². The highest BCUT2D eigenvalue weighted by Crippen LogP contribution is 2.34. The molecule has 9 nitrogen and oxygen atoms in total. The highest BCUT2D eigenvalue weighted by molar-refractivity contribution is 7.99. The number of anilines is 2. The zero-order valence-electron chi connectivity index (χ0n) is 20.5. The predicted octanol–water partition coefficient (Wildman–Crippen LogP) is 3.80. The van der Waals surface area contributed by atoms with Crippen molar-refractivity contribution in [1.82, 2.24) is 24.7 Å². The summed E-state index contributed by atoms with van der Waals surface area (Å²) in [5.74, 6) is 0.178. The van der Waals surface area contributed by atoms with Crippen LogP contribution in [0.25, 0.3) is 22.3 Å². The van der Waals surface area contributed by atoms with E-state index in [1.165, 1.54) is 31.8 Å². The number of nitrogens with two attached hydrogens (primary N) is 1. The lowest BCUT2D eigenvalue weighted by Crippen LogP contribution is -2.40. The second-order valence-corrected chi connectivity index (χ2v) is 10.1. The molecular weight excluding hydrogens is 493 g/mol. The molecule has 5 rings (SSSR count). The third-order valence-electron chi connectivity index (χ3n) is 6.29. The molecule has 0 radical (unpaired) electrons. The van der Waals surface area contributed by atoms with E-state index < -0.39 is 5.82 Å². The molecule has 0 saturated carbocycles. The molecule has 4 heterocycles. The van der Waals surface area contributed by atoms with E-state index in [-0.39, 0.29) is 22.9 Å². The average molecular weight is 520 g/mol. The van der Waals surface area contributed by atoms with Crippen molar-refractivity contribution < 1.29 is 13.9 Å². The van der Waals surface area contributed by atoms with E-state index in [1.807, 2.05) is 12.1 Å². The van der Waals surface area contributed by atoms with Gasteiger partial charge in [0.25, 0.3) is 0 Å². The third-order valence-corrected chi connectivity index (χ3v) is 7.50. The minimum atomic E-state index is -0.597. The molecule has 0 fully saturated rings. The van der Waals surface area contributed by atoms with Crippen molar-refractivity contribution in [2.24, 2.45) is 0 Å². The molecule has 37 heavy (non-hydrogen) atoms. The molecule has 190 valence electrons. The Bertz CT molecular complexity index is 1510. The van der Waals surface area contributed by atoms with Gasteiger partial charge in [-0.3, -0.25) is 4.79 Å². The van der Waals surface area contributed by atoms with Crippen LogP contribution in [0.5, 0.6) is 5.88 Å². The molecule has 0 saturated heterocycles. The van der Waals surface area contributed by atoms with E-state index >= 15 is 0 Å². The van der Waals surface area contributed by atoms with Crippen LogP contribution in [0.3, 0.4) is 0 Å². The molecule has 1 aliphatic rings. The quantitative estimate of drug-likeness (QED) is 0.367. The Hall–Kier alpha value is -3.99. The molecule has 1 unspecified atom stereocenters. The number of aromatic nitrogens is 5. The molecule has 1 aromatic carbocycles. The lowest BCUT2D eigenvalue weighted by atomic mass is 9.99. The van der Waals surface area contributed by atoms with Crippen LogP contribution < -0.4 is 15.4 Å². The number of amides is 1. The van der Waals surface area contributed by atoms with Crippen LogP contribution in [0.1, 0.15) is 11.1 Å². The number of aryl methyl sites for hydroxylation is 2. The van der Waals surface area contributed by atoms with Gasteiger partial charge >= 0.3 is 0 Å². The summed E-state index contributed by atoms with van der Waals surface area (Å²) in [6, 6.07) is 7.48. The van der Waals surface area contributed by atoms with Gasteiger partial charge in [0.1, 0.15) is 17.8 Å². The maximum atomic E-state index is 14.4. The Kier molecular flexibility index (Phi) is 6.79. The summed E-state index contributed by atoms with van der Waals surface area (Å²) < 4.78 is 21.1. The van der Waals surface area contributed by atoms with Crippen LogP contribution in [0.4, 0.5) is 15.9 Å².